The number of rotatable bonds is 7. The number of anilines is 3. The van der Waals surface area contributed by atoms with E-state index < -0.39 is 0 Å². The van der Waals surface area contributed by atoms with Crippen LogP contribution in [0.5, 0.6) is 11.5 Å². The number of nitrogens with zero attached hydrogens (tertiary/aromatic N) is 1. The average Bonchev–Trinajstić information content (AvgIpc) is 3.11. The first-order valence-corrected chi connectivity index (χ1v) is 8.89. The van der Waals surface area contributed by atoms with Crippen molar-refractivity contribution >= 4 is 23.0 Å². The van der Waals surface area contributed by atoms with Gasteiger partial charge in [-0.05, 0) is 56.7 Å². The molecule has 0 radical (unpaired) electrons. The van der Waals surface area contributed by atoms with E-state index in [9.17, 15) is 4.79 Å². The highest BCUT2D eigenvalue weighted by atomic mass is 16.7. The van der Waals surface area contributed by atoms with E-state index in [-0.39, 0.29) is 19.2 Å². The second-order valence-corrected chi connectivity index (χ2v) is 6.14. The molecule has 0 saturated carbocycles. The van der Waals surface area contributed by atoms with Gasteiger partial charge in [0.15, 0.2) is 11.5 Å². The molecule has 6 nitrogen and oxygen atoms in total. The Labute approximate surface area is 154 Å². The molecule has 0 bridgehead atoms. The van der Waals surface area contributed by atoms with Gasteiger partial charge in [-0.3, -0.25) is 4.79 Å². The molecule has 1 amide bonds. The molecule has 1 aliphatic heterocycles. The number of benzene rings is 2. The fraction of sp³-hybridized carbons (Fsp3) is 0.350. The largest absolute Gasteiger partial charge is 0.454 e. The summed E-state index contributed by atoms with van der Waals surface area (Å²) in [7, 11) is 0. The summed E-state index contributed by atoms with van der Waals surface area (Å²) in [5, 5.41) is 6.06. The highest BCUT2D eigenvalue weighted by Crippen LogP contribution is 2.34. The Hall–Kier alpha value is -2.89. The van der Waals surface area contributed by atoms with Gasteiger partial charge in [-0.1, -0.05) is 0 Å². The van der Waals surface area contributed by atoms with Crippen LogP contribution >= 0.6 is 0 Å². The van der Waals surface area contributed by atoms with Gasteiger partial charge in [-0.2, -0.15) is 0 Å². The molecule has 6 heteroatoms. The van der Waals surface area contributed by atoms with E-state index in [4.69, 9.17) is 9.47 Å². The van der Waals surface area contributed by atoms with Gasteiger partial charge in [0.1, 0.15) is 0 Å². The van der Waals surface area contributed by atoms with Crippen molar-refractivity contribution in [2.45, 2.75) is 20.8 Å². The first-order valence-electron chi connectivity index (χ1n) is 8.89. The monoisotopic (exact) mass is 355 g/mol. The lowest BCUT2D eigenvalue weighted by Crippen LogP contribution is -2.23. The second-order valence-electron chi connectivity index (χ2n) is 6.14. The summed E-state index contributed by atoms with van der Waals surface area (Å²) in [6.45, 7) is 8.61. The summed E-state index contributed by atoms with van der Waals surface area (Å²) >= 11 is 0. The molecule has 0 spiro atoms. The molecule has 0 saturated heterocycles. The number of nitrogens with one attached hydrogen (secondary N) is 2. The van der Waals surface area contributed by atoms with Crippen LogP contribution in [0.1, 0.15) is 19.4 Å². The highest BCUT2D eigenvalue weighted by Gasteiger charge is 2.13. The van der Waals surface area contributed by atoms with E-state index in [1.165, 1.54) is 5.69 Å². The van der Waals surface area contributed by atoms with Crippen LogP contribution in [0.15, 0.2) is 36.4 Å². The highest BCUT2D eigenvalue weighted by molar-refractivity contribution is 5.94. The lowest BCUT2D eigenvalue weighted by molar-refractivity contribution is -0.114. The van der Waals surface area contributed by atoms with Gasteiger partial charge in [0.2, 0.25) is 12.7 Å². The Balaban J connectivity index is 1.58. The Morgan fingerprint density at radius 3 is 2.58 bits per heavy atom. The molecular weight excluding hydrogens is 330 g/mol. The molecule has 0 aliphatic carbocycles. The van der Waals surface area contributed by atoms with Crippen molar-refractivity contribution in [3.8, 4) is 11.5 Å². The van der Waals surface area contributed by atoms with Crippen LogP contribution in [0, 0.1) is 6.92 Å². The van der Waals surface area contributed by atoms with Gasteiger partial charge in [-0.25, -0.2) is 0 Å². The quantitative estimate of drug-likeness (QED) is 0.794. The molecule has 2 aromatic rings. The maximum atomic E-state index is 12.3. The summed E-state index contributed by atoms with van der Waals surface area (Å²) in [5.74, 6) is 1.32. The van der Waals surface area contributed by atoms with Crippen molar-refractivity contribution in [2.75, 3.05) is 42.0 Å². The molecule has 0 unspecified atom stereocenters. The van der Waals surface area contributed by atoms with Gasteiger partial charge in [0.25, 0.3) is 0 Å². The fourth-order valence-electron chi connectivity index (χ4n) is 2.96. The van der Waals surface area contributed by atoms with Crippen LogP contribution in [0.2, 0.25) is 0 Å². The number of carbonyl (C=O) groups is 1. The van der Waals surface area contributed by atoms with E-state index in [1.54, 1.807) is 0 Å². The van der Waals surface area contributed by atoms with Crippen LogP contribution in [-0.4, -0.2) is 32.3 Å². The van der Waals surface area contributed by atoms with Crippen molar-refractivity contribution in [1.29, 1.82) is 0 Å². The molecule has 1 heterocycles. The molecule has 2 N–H and O–H groups in total. The number of carbonyl (C=O) groups excluding carboxylic acids is 1. The number of amides is 1. The summed E-state index contributed by atoms with van der Waals surface area (Å²) in [4.78, 5) is 14.5. The minimum Gasteiger partial charge on any atom is -0.454 e. The van der Waals surface area contributed by atoms with Crippen LogP contribution in [0.4, 0.5) is 17.1 Å². The topological polar surface area (TPSA) is 62.8 Å². The van der Waals surface area contributed by atoms with Gasteiger partial charge < -0.3 is 25.0 Å². The minimum absolute atomic E-state index is 0.0960. The first kappa shape index (κ1) is 17.9. The zero-order valence-electron chi connectivity index (χ0n) is 15.5. The lowest BCUT2D eigenvalue weighted by atomic mass is 10.1. The van der Waals surface area contributed by atoms with E-state index in [1.807, 2.05) is 37.3 Å². The molecular formula is C20H25N3O3. The van der Waals surface area contributed by atoms with Crippen molar-refractivity contribution in [1.82, 2.24) is 0 Å². The summed E-state index contributed by atoms with van der Waals surface area (Å²) in [5.41, 5.74) is 3.87. The maximum Gasteiger partial charge on any atom is 0.243 e. The molecule has 0 aromatic heterocycles. The molecule has 0 fully saturated rings. The summed E-state index contributed by atoms with van der Waals surface area (Å²) in [6, 6.07) is 11.6. The van der Waals surface area contributed by atoms with E-state index >= 15 is 0 Å². The second kappa shape index (κ2) is 7.99. The number of aryl methyl sites for hydroxylation is 1. The Morgan fingerprint density at radius 2 is 1.85 bits per heavy atom. The van der Waals surface area contributed by atoms with Gasteiger partial charge in [0.05, 0.1) is 6.54 Å². The van der Waals surface area contributed by atoms with E-state index in [2.05, 4.69) is 35.4 Å². The van der Waals surface area contributed by atoms with Crippen molar-refractivity contribution < 1.29 is 14.3 Å². The number of ether oxygens (including phenoxy) is 2. The predicted octanol–water partition coefficient (Wildman–Crippen LogP) is 3.62. The average molecular weight is 355 g/mol. The van der Waals surface area contributed by atoms with Gasteiger partial charge >= 0.3 is 0 Å². The van der Waals surface area contributed by atoms with Gasteiger partial charge in [0, 0.05) is 36.2 Å². The number of hydrogen-bond acceptors (Lipinski definition) is 5. The maximum absolute atomic E-state index is 12.3. The Bertz CT molecular complexity index is 788. The third-order valence-corrected chi connectivity index (χ3v) is 4.44. The first-order chi connectivity index (χ1) is 12.6. The fourth-order valence-corrected chi connectivity index (χ4v) is 2.96. The zero-order valence-corrected chi connectivity index (χ0v) is 15.5. The van der Waals surface area contributed by atoms with E-state index in [0.29, 0.717) is 5.75 Å². The molecule has 1 aliphatic rings. The smallest absolute Gasteiger partial charge is 0.243 e. The number of fused-ring (bicyclic) bond motifs is 1. The standard InChI is InChI=1S/C20H25N3O3/c1-4-23(5-2)16-7-8-17(14(3)10-16)22-20(24)12-21-15-6-9-18-19(11-15)26-13-25-18/h6-11,21H,4-5,12-13H2,1-3H3,(H,22,24). The van der Waals surface area contributed by atoms with Crippen LogP contribution in [0.25, 0.3) is 0 Å². The van der Waals surface area contributed by atoms with Crippen LogP contribution in [0.3, 0.4) is 0 Å². The summed E-state index contributed by atoms with van der Waals surface area (Å²) in [6.07, 6.45) is 0. The van der Waals surface area contributed by atoms with Crippen LogP contribution in [-0.2, 0) is 4.79 Å². The predicted molar refractivity (Wildman–Crippen MR) is 104 cm³/mol. The lowest BCUT2D eigenvalue weighted by Gasteiger charge is -2.22. The van der Waals surface area contributed by atoms with Crippen LogP contribution < -0.4 is 25.0 Å². The van der Waals surface area contributed by atoms with Gasteiger partial charge in [-0.15, -0.1) is 0 Å². The van der Waals surface area contributed by atoms with Crippen molar-refractivity contribution in [2.24, 2.45) is 0 Å². The molecule has 138 valence electrons. The Kier molecular flexibility index (Phi) is 5.51. The van der Waals surface area contributed by atoms with E-state index in [0.717, 1.165) is 35.8 Å². The Morgan fingerprint density at radius 1 is 1.08 bits per heavy atom. The number of hydrogen-bond donors (Lipinski definition) is 2. The third-order valence-electron chi connectivity index (χ3n) is 4.44. The molecule has 2 aromatic carbocycles. The molecule has 26 heavy (non-hydrogen) atoms. The summed E-state index contributed by atoms with van der Waals surface area (Å²) < 4.78 is 10.6. The molecule has 3 rings (SSSR count). The van der Waals surface area contributed by atoms with Crippen molar-refractivity contribution in [3.05, 3.63) is 42.0 Å². The third kappa shape index (κ3) is 4.02. The SMILES string of the molecule is CCN(CC)c1ccc(NC(=O)CNc2ccc3c(c2)OCO3)c(C)c1. The zero-order chi connectivity index (χ0) is 18.5. The van der Waals surface area contributed by atoms with Crippen molar-refractivity contribution in [3.63, 3.8) is 0 Å². The minimum atomic E-state index is -0.0960. The molecule has 0 atom stereocenters. The normalized spacial score (nSPS) is 12.0.